The predicted octanol–water partition coefficient (Wildman–Crippen LogP) is 3.99. The van der Waals surface area contributed by atoms with E-state index in [0.29, 0.717) is 5.75 Å². The molecule has 0 saturated carbocycles. The fourth-order valence-electron chi connectivity index (χ4n) is 3.33. The van der Waals surface area contributed by atoms with E-state index in [4.69, 9.17) is 0 Å². The van der Waals surface area contributed by atoms with Crippen LogP contribution in [0.1, 0.15) is 70.7 Å². The van der Waals surface area contributed by atoms with Crippen molar-refractivity contribution in [1.29, 1.82) is 0 Å². The number of pyridine rings is 1. The Kier molecular flexibility index (Phi) is 6.13. The largest absolute Gasteiger partial charge is 0.507 e. The molecule has 1 aromatic heterocycles. The smallest absolute Gasteiger partial charge is 0.123 e. The van der Waals surface area contributed by atoms with Gasteiger partial charge in [0.15, 0.2) is 0 Å². The Morgan fingerprint density at radius 2 is 1.31 bits per heavy atom. The van der Waals surface area contributed by atoms with Gasteiger partial charge in [0, 0.05) is 34.6 Å². The number of benzene rings is 1. The van der Waals surface area contributed by atoms with E-state index in [2.05, 4.69) is 77.7 Å². The topological polar surface area (TPSA) is 37.6 Å². The van der Waals surface area contributed by atoms with Crippen LogP contribution in [0.2, 0.25) is 0 Å². The number of rotatable bonds is 5. The average molecular weight is 356 g/mol. The Hall–Kier alpha value is -1.87. The van der Waals surface area contributed by atoms with Crippen molar-refractivity contribution >= 4 is 0 Å². The minimum atomic E-state index is -0.0857. The lowest BCUT2D eigenvalue weighted by atomic mass is 9.78. The van der Waals surface area contributed by atoms with Gasteiger partial charge in [-0.3, -0.25) is 4.98 Å². The van der Waals surface area contributed by atoms with Crippen LogP contribution >= 0.6 is 0 Å². The van der Waals surface area contributed by atoms with Gasteiger partial charge in [0.25, 0.3) is 0 Å². The molecular formula is C23H35N2O+. The number of nitrogens with one attached hydrogen (secondary N) is 1. The molecule has 3 heteroatoms. The maximum atomic E-state index is 10.9. The zero-order chi connectivity index (χ0) is 19.5. The highest BCUT2D eigenvalue weighted by Gasteiger charge is 2.27. The van der Waals surface area contributed by atoms with Crippen LogP contribution in [0.4, 0.5) is 0 Å². The number of nitrogens with zero attached hydrogens (tertiary/aromatic N) is 1. The molecule has 0 amide bonds. The molecule has 3 nitrogen and oxygen atoms in total. The molecule has 2 rings (SSSR count). The number of hydrogen-bond acceptors (Lipinski definition) is 2. The Balaban J connectivity index is 2.38. The van der Waals surface area contributed by atoms with E-state index in [1.54, 1.807) is 0 Å². The normalized spacial score (nSPS) is 13.7. The van der Waals surface area contributed by atoms with Crippen molar-refractivity contribution in [3.05, 3.63) is 58.9 Å². The number of hydrogen-bond donors (Lipinski definition) is 2. The lowest BCUT2D eigenvalue weighted by molar-refractivity contribution is -0.925. The third-order valence-electron chi connectivity index (χ3n) is 4.94. The first-order chi connectivity index (χ1) is 12.0. The summed E-state index contributed by atoms with van der Waals surface area (Å²) >= 11 is 0. The maximum Gasteiger partial charge on any atom is 0.123 e. The second-order valence-electron chi connectivity index (χ2n) is 9.35. The van der Waals surface area contributed by atoms with E-state index in [1.807, 2.05) is 12.4 Å². The fraction of sp³-hybridized carbons (Fsp3) is 0.522. The summed E-state index contributed by atoms with van der Waals surface area (Å²) in [7, 11) is 0. The molecule has 0 spiro atoms. The summed E-state index contributed by atoms with van der Waals surface area (Å²) in [5.74, 6) is 0.459. The fourth-order valence-corrected chi connectivity index (χ4v) is 3.33. The summed E-state index contributed by atoms with van der Waals surface area (Å²) in [5, 5.41) is 10.9. The molecule has 0 aliphatic rings. The van der Waals surface area contributed by atoms with Crippen LogP contribution in [0.3, 0.4) is 0 Å². The van der Waals surface area contributed by atoms with Crippen molar-refractivity contribution in [3.8, 4) is 5.75 Å². The zero-order valence-electron chi connectivity index (χ0n) is 17.5. The van der Waals surface area contributed by atoms with Gasteiger partial charge in [-0.15, -0.1) is 0 Å². The monoisotopic (exact) mass is 355 g/mol. The van der Waals surface area contributed by atoms with E-state index >= 15 is 0 Å². The van der Waals surface area contributed by atoms with Gasteiger partial charge in [0.1, 0.15) is 18.8 Å². The van der Waals surface area contributed by atoms with Gasteiger partial charge in [0.05, 0.1) is 6.54 Å². The van der Waals surface area contributed by atoms with Crippen LogP contribution < -0.4 is 4.90 Å². The molecule has 0 bridgehead atoms. The SMILES string of the molecule is CC[NH+](Cc1ccncc1)Cc1cc(C(C)(C)C)c(O)c(C(C)(C)C)c1. The maximum absolute atomic E-state index is 10.9. The molecule has 1 atom stereocenters. The molecule has 142 valence electrons. The average Bonchev–Trinajstić information content (AvgIpc) is 2.54. The van der Waals surface area contributed by atoms with E-state index < -0.39 is 0 Å². The highest BCUT2D eigenvalue weighted by Crippen LogP contribution is 2.39. The highest BCUT2D eigenvalue weighted by atomic mass is 16.3. The Labute approximate surface area is 159 Å². The van der Waals surface area contributed by atoms with Crippen LogP contribution in [0.25, 0.3) is 0 Å². The predicted molar refractivity (Wildman–Crippen MR) is 109 cm³/mol. The lowest BCUT2D eigenvalue weighted by Crippen LogP contribution is -3.09. The molecule has 1 heterocycles. The summed E-state index contributed by atoms with van der Waals surface area (Å²) in [6.45, 7) is 18.2. The number of phenols is 1. The number of quaternary nitrogens is 1. The summed E-state index contributed by atoms with van der Waals surface area (Å²) < 4.78 is 0. The first-order valence-corrected chi connectivity index (χ1v) is 9.61. The molecular weight excluding hydrogens is 320 g/mol. The van der Waals surface area contributed by atoms with Crippen molar-refractivity contribution in [1.82, 2.24) is 4.98 Å². The third-order valence-corrected chi connectivity index (χ3v) is 4.94. The van der Waals surface area contributed by atoms with Gasteiger partial charge in [-0.1, -0.05) is 41.5 Å². The Morgan fingerprint density at radius 3 is 1.73 bits per heavy atom. The number of aromatic hydroxyl groups is 1. The molecule has 1 aromatic carbocycles. The summed E-state index contributed by atoms with van der Waals surface area (Å²) in [5.41, 5.74) is 4.51. The second-order valence-corrected chi connectivity index (χ2v) is 9.35. The van der Waals surface area contributed by atoms with Gasteiger partial charge in [-0.25, -0.2) is 0 Å². The third kappa shape index (κ3) is 5.07. The van der Waals surface area contributed by atoms with E-state index in [1.165, 1.54) is 16.0 Å². The van der Waals surface area contributed by atoms with Crippen LogP contribution in [0.5, 0.6) is 5.75 Å². The van der Waals surface area contributed by atoms with Gasteiger partial charge in [0.2, 0.25) is 0 Å². The van der Waals surface area contributed by atoms with E-state index in [-0.39, 0.29) is 10.8 Å². The van der Waals surface area contributed by atoms with Crippen molar-refractivity contribution in [2.45, 2.75) is 72.4 Å². The minimum Gasteiger partial charge on any atom is -0.507 e. The molecule has 0 fully saturated rings. The molecule has 0 radical (unpaired) electrons. The standard InChI is InChI=1S/C23H34N2O/c1-8-25(15-17-9-11-24-12-10-17)16-18-13-19(22(2,3)4)21(26)20(14-18)23(5,6)7/h9-14,26H,8,15-16H2,1-7H3/p+1. The van der Waals surface area contributed by atoms with Crippen LogP contribution in [-0.2, 0) is 23.9 Å². The van der Waals surface area contributed by atoms with Gasteiger partial charge in [-0.2, -0.15) is 0 Å². The number of phenolic OH excluding ortho intramolecular Hbond substituents is 1. The van der Waals surface area contributed by atoms with Gasteiger partial charge >= 0.3 is 0 Å². The molecule has 2 N–H and O–H groups in total. The lowest BCUT2D eigenvalue weighted by Gasteiger charge is -2.29. The van der Waals surface area contributed by atoms with Gasteiger partial charge in [-0.05, 0) is 42.0 Å². The molecule has 0 aliphatic heterocycles. The van der Waals surface area contributed by atoms with E-state index in [9.17, 15) is 5.11 Å². The minimum absolute atomic E-state index is 0.0857. The quantitative estimate of drug-likeness (QED) is 0.851. The van der Waals surface area contributed by atoms with Gasteiger partial charge < -0.3 is 10.0 Å². The molecule has 0 saturated heterocycles. The molecule has 1 unspecified atom stereocenters. The first kappa shape index (κ1) is 20.4. The number of aromatic nitrogens is 1. The van der Waals surface area contributed by atoms with Crippen molar-refractivity contribution in [2.24, 2.45) is 0 Å². The Morgan fingerprint density at radius 1 is 0.846 bits per heavy atom. The van der Waals surface area contributed by atoms with Crippen LogP contribution in [0, 0.1) is 0 Å². The van der Waals surface area contributed by atoms with Crippen molar-refractivity contribution < 1.29 is 10.0 Å². The zero-order valence-corrected chi connectivity index (χ0v) is 17.5. The molecule has 26 heavy (non-hydrogen) atoms. The molecule has 0 aliphatic carbocycles. The summed E-state index contributed by atoms with van der Waals surface area (Å²) in [4.78, 5) is 5.61. The van der Waals surface area contributed by atoms with Crippen molar-refractivity contribution in [2.75, 3.05) is 6.54 Å². The van der Waals surface area contributed by atoms with Crippen molar-refractivity contribution in [3.63, 3.8) is 0 Å². The Bertz CT molecular complexity index is 689. The van der Waals surface area contributed by atoms with Crippen LogP contribution in [-0.4, -0.2) is 16.6 Å². The summed E-state index contributed by atoms with van der Waals surface area (Å²) in [6, 6.07) is 8.58. The summed E-state index contributed by atoms with van der Waals surface area (Å²) in [6.07, 6.45) is 3.72. The van der Waals surface area contributed by atoms with Crippen LogP contribution in [0.15, 0.2) is 36.7 Å². The van der Waals surface area contributed by atoms with E-state index in [0.717, 1.165) is 30.8 Å². The second kappa shape index (κ2) is 7.79. The highest BCUT2D eigenvalue weighted by molar-refractivity contribution is 5.49. The molecule has 2 aromatic rings. The first-order valence-electron chi connectivity index (χ1n) is 9.61.